The predicted octanol–water partition coefficient (Wildman–Crippen LogP) is -1.74. The minimum absolute atomic E-state index is 0.0868. The van der Waals surface area contributed by atoms with Crippen LogP contribution in [0.1, 0.15) is 53.4 Å². The molecule has 0 aromatic rings. The molecule has 4 amide bonds. The molecular formula is C24H38N4O11S. The lowest BCUT2D eigenvalue weighted by Gasteiger charge is -2.29. The molecule has 0 rings (SSSR count). The molecule has 0 saturated heterocycles. The molecule has 0 heterocycles. The van der Waals surface area contributed by atoms with Gasteiger partial charge in [0.1, 0.15) is 24.5 Å². The van der Waals surface area contributed by atoms with Crippen LogP contribution in [0.2, 0.25) is 0 Å². The third-order valence-corrected chi connectivity index (χ3v) is 6.02. The van der Waals surface area contributed by atoms with Crippen LogP contribution in [0, 0.1) is 5.41 Å². The molecule has 0 aliphatic carbocycles. The predicted molar refractivity (Wildman–Crippen MR) is 142 cm³/mol. The van der Waals surface area contributed by atoms with Crippen molar-refractivity contribution in [1.29, 1.82) is 0 Å². The summed E-state index contributed by atoms with van der Waals surface area (Å²) >= 11 is 0.824. The first kappa shape index (κ1) is 36.5. The fraction of sp³-hybridized carbons (Fsp3) is 0.667. The molecule has 0 aromatic carbocycles. The van der Waals surface area contributed by atoms with Gasteiger partial charge in [-0.15, -0.1) is 0 Å². The molecule has 2 atom stereocenters. The van der Waals surface area contributed by atoms with Crippen molar-refractivity contribution in [1.82, 2.24) is 21.3 Å². The first-order chi connectivity index (χ1) is 18.5. The Bertz CT molecular complexity index is 955. The first-order valence-corrected chi connectivity index (χ1v) is 13.3. The van der Waals surface area contributed by atoms with Crippen molar-refractivity contribution >= 4 is 58.2 Å². The molecule has 0 spiro atoms. The number of carboxylic acid groups (broad SMARTS) is 1. The molecule has 0 bridgehead atoms. The van der Waals surface area contributed by atoms with E-state index in [0.29, 0.717) is 0 Å². The number of carboxylic acids is 1. The number of amides is 4. The Morgan fingerprint density at radius 2 is 1.55 bits per heavy atom. The number of hydrogen-bond acceptors (Lipinski definition) is 11. The Hall–Kier alpha value is -3.53. The highest BCUT2D eigenvalue weighted by atomic mass is 32.2. The van der Waals surface area contributed by atoms with Crippen LogP contribution in [0.25, 0.3) is 0 Å². The Balaban J connectivity index is 4.18. The molecule has 0 aliphatic heterocycles. The number of aliphatic carboxylic acids is 1. The van der Waals surface area contributed by atoms with Gasteiger partial charge in [-0.2, -0.15) is 0 Å². The Labute approximate surface area is 235 Å². The quantitative estimate of drug-likeness (QED) is 0.0559. The standard InChI is InChI=1S/C24H38N4O11S/c1-14(29)27-12-19(33)39-13-24(3,4)21(35)22(36)26-8-7-18(32)25-9-10-40-20(34)11-16(31)5-6-17(23(37)38)28-15(2)30/h17,21,35H,5-13H2,1-4H3,(H,25,32)(H,26,36)(H,27,29)(H,28,30)(H,37,38)/t17-,21-/m0/s1. The summed E-state index contributed by atoms with van der Waals surface area (Å²) in [6.45, 7) is 4.78. The molecule has 0 fully saturated rings. The van der Waals surface area contributed by atoms with Crippen LogP contribution in [-0.2, 0) is 43.1 Å². The van der Waals surface area contributed by atoms with E-state index in [1.807, 2.05) is 0 Å². The zero-order chi connectivity index (χ0) is 30.9. The highest BCUT2D eigenvalue weighted by molar-refractivity contribution is 8.13. The van der Waals surface area contributed by atoms with Crippen molar-refractivity contribution in [2.45, 2.75) is 65.5 Å². The number of carbonyl (C=O) groups is 8. The van der Waals surface area contributed by atoms with Gasteiger partial charge in [-0.1, -0.05) is 25.6 Å². The van der Waals surface area contributed by atoms with Crippen LogP contribution in [-0.4, -0.2) is 101 Å². The summed E-state index contributed by atoms with van der Waals surface area (Å²) in [5, 5.41) is 28.3. The van der Waals surface area contributed by atoms with E-state index >= 15 is 0 Å². The van der Waals surface area contributed by atoms with Crippen LogP contribution in [0.5, 0.6) is 0 Å². The lowest BCUT2D eigenvalue weighted by atomic mass is 9.87. The molecular weight excluding hydrogens is 552 g/mol. The number of hydrogen-bond donors (Lipinski definition) is 6. The second-order valence-corrected chi connectivity index (χ2v) is 10.6. The fourth-order valence-electron chi connectivity index (χ4n) is 2.90. The minimum atomic E-state index is -1.55. The zero-order valence-corrected chi connectivity index (χ0v) is 23.8. The number of nitrogens with one attached hydrogen (secondary N) is 4. The summed E-state index contributed by atoms with van der Waals surface area (Å²) in [5.74, 6) is -4.46. The highest BCUT2D eigenvalue weighted by Crippen LogP contribution is 2.21. The van der Waals surface area contributed by atoms with Gasteiger partial charge in [0.05, 0.1) is 13.0 Å². The number of esters is 1. The average molecular weight is 591 g/mol. The molecule has 226 valence electrons. The molecule has 0 aliphatic rings. The van der Waals surface area contributed by atoms with Gasteiger partial charge in [0, 0.05) is 50.9 Å². The Kier molecular flexibility index (Phi) is 17.1. The van der Waals surface area contributed by atoms with Gasteiger partial charge < -0.3 is 36.2 Å². The molecule has 0 unspecified atom stereocenters. The van der Waals surface area contributed by atoms with Gasteiger partial charge >= 0.3 is 11.9 Å². The number of ether oxygens (including phenoxy) is 1. The van der Waals surface area contributed by atoms with Crippen LogP contribution in [0.3, 0.4) is 0 Å². The largest absolute Gasteiger partial charge is 0.480 e. The van der Waals surface area contributed by atoms with Gasteiger partial charge in [-0.3, -0.25) is 33.6 Å². The molecule has 40 heavy (non-hydrogen) atoms. The third kappa shape index (κ3) is 17.1. The molecule has 0 radical (unpaired) electrons. The number of rotatable bonds is 19. The van der Waals surface area contributed by atoms with E-state index in [2.05, 4.69) is 21.3 Å². The lowest BCUT2D eigenvalue weighted by molar-refractivity contribution is -0.153. The van der Waals surface area contributed by atoms with Gasteiger partial charge in [0.2, 0.25) is 23.6 Å². The van der Waals surface area contributed by atoms with Crippen molar-refractivity contribution in [2.24, 2.45) is 5.41 Å². The van der Waals surface area contributed by atoms with Gasteiger partial charge in [-0.25, -0.2) is 4.79 Å². The summed E-state index contributed by atoms with van der Waals surface area (Å²) in [5.41, 5.74) is -1.15. The SMILES string of the molecule is CC(=O)NCC(=O)OCC(C)(C)[C@@H](O)C(=O)NCCC(=O)NCCSC(=O)CC(=O)CC[C@H](NC(C)=O)C(=O)O. The Morgan fingerprint density at radius 1 is 0.900 bits per heavy atom. The van der Waals surface area contributed by atoms with Crippen molar-refractivity contribution in [3.05, 3.63) is 0 Å². The average Bonchev–Trinajstić information content (AvgIpc) is 2.85. The fourth-order valence-corrected chi connectivity index (χ4v) is 3.59. The third-order valence-electron chi connectivity index (χ3n) is 5.14. The van der Waals surface area contributed by atoms with Crippen LogP contribution in [0.15, 0.2) is 0 Å². The highest BCUT2D eigenvalue weighted by Gasteiger charge is 2.35. The molecule has 6 N–H and O–H groups in total. The van der Waals surface area contributed by atoms with E-state index in [9.17, 15) is 43.5 Å². The van der Waals surface area contributed by atoms with E-state index in [4.69, 9.17) is 9.84 Å². The number of carbonyl (C=O) groups excluding carboxylic acids is 7. The van der Waals surface area contributed by atoms with E-state index < -0.39 is 70.4 Å². The van der Waals surface area contributed by atoms with Gasteiger partial charge in [0.25, 0.3) is 0 Å². The summed E-state index contributed by atoms with van der Waals surface area (Å²) in [6.07, 6.45) is -2.40. The van der Waals surface area contributed by atoms with Crippen molar-refractivity contribution in [3.63, 3.8) is 0 Å². The van der Waals surface area contributed by atoms with Crippen molar-refractivity contribution in [2.75, 3.05) is 32.0 Å². The normalized spacial score (nSPS) is 12.3. The van der Waals surface area contributed by atoms with Crippen molar-refractivity contribution < 1.29 is 53.3 Å². The van der Waals surface area contributed by atoms with Crippen molar-refractivity contribution in [3.8, 4) is 0 Å². The van der Waals surface area contributed by atoms with Gasteiger partial charge in [-0.05, 0) is 6.42 Å². The maximum Gasteiger partial charge on any atom is 0.326 e. The number of aliphatic hydroxyl groups is 1. The summed E-state index contributed by atoms with van der Waals surface area (Å²) < 4.78 is 4.97. The smallest absolute Gasteiger partial charge is 0.326 e. The minimum Gasteiger partial charge on any atom is -0.480 e. The molecule has 0 aromatic heterocycles. The van der Waals surface area contributed by atoms with E-state index in [1.165, 1.54) is 20.8 Å². The second kappa shape index (κ2) is 18.7. The first-order valence-electron chi connectivity index (χ1n) is 12.3. The van der Waals surface area contributed by atoms with Crippen LogP contribution >= 0.6 is 11.8 Å². The van der Waals surface area contributed by atoms with Crippen LogP contribution < -0.4 is 21.3 Å². The topological polar surface area (TPSA) is 234 Å². The monoisotopic (exact) mass is 590 g/mol. The Morgan fingerprint density at radius 3 is 2.12 bits per heavy atom. The molecule has 0 saturated carbocycles. The van der Waals surface area contributed by atoms with Crippen LogP contribution in [0.4, 0.5) is 0 Å². The maximum absolute atomic E-state index is 12.2. The number of Topliss-reactive ketones (excluding diaryl/α,β-unsaturated/α-hetero) is 1. The molecule has 15 nitrogen and oxygen atoms in total. The van der Waals surface area contributed by atoms with E-state index in [1.54, 1.807) is 0 Å². The summed E-state index contributed by atoms with van der Waals surface area (Å²) in [4.78, 5) is 92.5. The second-order valence-electron chi connectivity index (χ2n) is 9.42. The number of thioether (sulfide) groups is 1. The number of aliphatic hydroxyl groups excluding tert-OH is 1. The summed E-state index contributed by atoms with van der Waals surface area (Å²) in [7, 11) is 0. The van der Waals surface area contributed by atoms with Gasteiger partial charge in [0.15, 0.2) is 5.12 Å². The summed E-state index contributed by atoms with van der Waals surface area (Å²) in [6, 6.07) is -1.22. The number of ketones is 1. The lowest BCUT2D eigenvalue weighted by Crippen LogP contribution is -2.47. The maximum atomic E-state index is 12.2. The molecule has 16 heteroatoms. The van der Waals surface area contributed by atoms with E-state index in [-0.39, 0.29) is 51.3 Å². The van der Waals surface area contributed by atoms with E-state index in [0.717, 1.165) is 18.7 Å². The zero-order valence-electron chi connectivity index (χ0n) is 23.0.